The van der Waals surface area contributed by atoms with E-state index in [1.165, 1.54) is 18.9 Å². The number of hydrogen-bond donors (Lipinski definition) is 1. The molecule has 8 heteroatoms. The molecule has 0 atom stereocenters. The van der Waals surface area contributed by atoms with Gasteiger partial charge in [-0.2, -0.15) is 0 Å². The van der Waals surface area contributed by atoms with Crippen molar-refractivity contribution in [2.75, 3.05) is 13.7 Å². The fourth-order valence-corrected chi connectivity index (χ4v) is 3.97. The minimum absolute atomic E-state index is 0.122. The first-order valence-electron chi connectivity index (χ1n) is 7.99. The minimum atomic E-state index is -0.228. The molecule has 5 nitrogen and oxygen atoms in total. The predicted molar refractivity (Wildman–Crippen MR) is 117 cm³/mol. The Hall–Kier alpha value is -2.40. The first kappa shape index (κ1) is 20.3. The van der Waals surface area contributed by atoms with Crippen LogP contribution in [0.15, 0.2) is 50.8 Å². The summed E-state index contributed by atoms with van der Waals surface area (Å²) in [6.45, 7) is 0.122. The van der Waals surface area contributed by atoms with Crippen LogP contribution in [0.5, 0.6) is 11.5 Å². The molecule has 1 fully saturated rings. The maximum atomic E-state index is 12.3. The Labute approximate surface area is 180 Å². The van der Waals surface area contributed by atoms with Crippen molar-refractivity contribution < 1.29 is 14.3 Å². The van der Waals surface area contributed by atoms with E-state index < -0.39 is 0 Å². The number of amides is 1. The topological polar surface area (TPSA) is 59.9 Å². The molecule has 0 radical (unpaired) electrons. The predicted octanol–water partition coefficient (Wildman–Crippen LogP) is 5.01. The molecular formula is C20H14BrClN2O3S. The third-order valence-electron chi connectivity index (χ3n) is 3.54. The van der Waals surface area contributed by atoms with E-state index in [1.54, 1.807) is 30.3 Å². The number of aliphatic imine (C=N–C) groups is 1. The first-order chi connectivity index (χ1) is 13.5. The monoisotopic (exact) mass is 476 g/mol. The summed E-state index contributed by atoms with van der Waals surface area (Å²) in [4.78, 5) is 17.2. The molecule has 0 unspecified atom stereocenters. The summed E-state index contributed by atoms with van der Waals surface area (Å²) < 4.78 is 11.5. The van der Waals surface area contributed by atoms with Crippen LogP contribution in [-0.4, -0.2) is 24.8 Å². The second-order valence-corrected chi connectivity index (χ2v) is 7.81. The number of ether oxygens (including phenoxy) is 2. The van der Waals surface area contributed by atoms with Gasteiger partial charge in [0.25, 0.3) is 5.91 Å². The zero-order valence-electron chi connectivity index (χ0n) is 14.7. The number of methoxy groups -OCH3 is 1. The molecule has 28 heavy (non-hydrogen) atoms. The molecule has 142 valence electrons. The fourth-order valence-electron chi connectivity index (χ4n) is 2.37. The molecule has 3 rings (SSSR count). The summed E-state index contributed by atoms with van der Waals surface area (Å²) in [5.41, 5.74) is 1.43. The van der Waals surface area contributed by atoms with Crippen molar-refractivity contribution >= 4 is 62.1 Å². The van der Waals surface area contributed by atoms with Gasteiger partial charge in [0, 0.05) is 5.02 Å². The van der Waals surface area contributed by atoms with E-state index in [0.717, 1.165) is 5.56 Å². The summed E-state index contributed by atoms with van der Waals surface area (Å²) in [7, 11) is 1.54. The summed E-state index contributed by atoms with van der Waals surface area (Å²) in [5, 5.41) is 3.81. The number of nitrogens with zero attached hydrogens (tertiary/aromatic N) is 1. The lowest BCUT2D eigenvalue weighted by Gasteiger charge is -2.12. The van der Waals surface area contributed by atoms with Crippen LogP contribution in [0.3, 0.4) is 0 Å². The number of thioether (sulfide) groups is 1. The third-order valence-corrected chi connectivity index (χ3v) is 5.27. The maximum Gasteiger partial charge on any atom is 0.264 e. The highest BCUT2D eigenvalue weighted by Gasteiger charge is 2.24. The number of terminal acetylenes is 1. The molecule has 1 N–H and O–H groups in total. The molecule has 2 aromatic carbocycles. The van der Waals surface area contributed by atoms with Gasteiger partial charge in [0.2, 0.25) is 0 Å². The molecule has 1 heterocycles. The molecule has 1 aliphatic heterocycles. The van der Waals surface area contributed by atoms with Crippen LogP contribution in [0.25, 0.3) is 6.08 Å². The molecule has 0 bridgehead atoms. The lowest BCUT2D eigenvalue weighted by molar-refractivity contribution is -0.115. The van der Waals surface area contributed by atoms with Gasteiger partial charge in [-0.15, -0.1) is 6.42 Å². The van der Waals surface area contributed by atoms with Crippen LogP contribution in [0.2, 0.25) is 5.02 Å². The first-order valence-corrected chi connectivity index (χ1v) is 9.98. The number of halogens is 2. The summed E-state index contributed by atoms with van der Waals surface area (Å²) in [6, 6.07) is 10.7. The Morgan fingerprint density at radius 3 is 2.93 bits per heavy atom. The Morgan fingerprint density at radius 2 is 2.21 bits per heavy atom. The third kappa shape index (κ3) is 4.90. The zero-order valence-corrected chi connectivity index (χ0v) is 17.8. The molecule has 1 saturated heterocycles. The number of amidine groups is 1. The van der Waals surface area contributed by atoms with E-state index in [0.29, 0.717) is 36.8 Å². The van der Waals surface area contributed by atoms with E-state index in [9.17, 15) is 4.79 Å². The van der Waals surface area contributed by atoms with Crippen molar-refractivity contribution in [1.82, 2.24) is 5.32 Å². The largest absolute Gasteiger partial charge is 0.493 e. The van der Waals surface area contributed by atoms with Crippen LogP contribution in [0.1, 0.15) is 5.56 Å². The van der Waals surface area contributed by atoms with Gasteiger partial charge in [-0.05, 0) is 69.7 Å². The van der Waals surface area contributed by atoms with Crippen molar-refractivity contribution in [2.45, 2.75) is 0 Å². The van der Waals surface area contributed by atoms with Crippen LogP contribution >= 0.6 is 39.3 Å². The average Bonchev–Trinajstić information content (AvgIpc) is 2.99. The van der Waals surface area contributed by atoms with Gasteiger partial charge < -0.3 is 14.8 Å². The number of hydrogen-bond acceptors (Lipinski definition) is 5. The van der Waals surface area contributed by atoms with Crippen molar-refractivity contribution in [2.24, 2.45) is 4.99 Å². The highest BCUT2D eigenvalue weighted by molar-refractivity contribution is 9.10. The fraction of sp³-hybridized carbons (Fsp3) is 0.100. The molecule has 0 aromatic heterocycles. The van der Waals surface area contributed by atoms with Gasteiger partial charge in [0.05, 0.1) is 22.2 Å². The number of nitrogens with one attached hydrogen (secondary N) is 1. The van der Waals surface area contributed by atoms with Crippen molar-refractivity contribution in [3.05, 3.63) is 56.4 Å². The molecule has 0 spiro atoms. The molecule has 0 aliphatic carbocycles. The van der Waals surface area contributed by atoms with Crippen molar-refractivity contribution in [1.29, 1.82) is 0 Å². The van der Waals surface area contributed by atoms with E-state index in [-0.39, 0.29) is 12.5 Å². The van der Waals surface area contributed by atoms with Gasteiger partial charge >= 0.3 is 0 Å². The number of carbonyl (C=O) groups excluding carboxylic acids is 1. The minimum Gasteiger partial charge on any atom is -0.493 e. The maximum absolute atomic E-state index is 12.3. The van der Waals surface area contributed by atoms with Gasteiger partial charge in [-0.25, -0.2) is 4.99 Å². The second kappa shape index (κ2) is 9.20. The number of benzene rings is 2. The van der Waals surface area contributed by atoms with Gasteiger partial charge in [-0.1, -0.05) is 23.6 Å². The van der Waals surface area contributed by atoms with Gasteiger partial charge in [0.1, 0.15) is 6.61 Å². The van der Waals surface area contributed by atoms with Crippen LogP contribution in [-0.2, 0) is 4.79 Å². The van der Waals surface area contributed by atoms with E-state index >= 15 is 0 Å². The lowest BCUT2D eigenvalue weighted by Crippen LogP contribution is -2.19. The lowest BCUT2D eigenvalue weighted by atomic mass is 10.2. The normalized spacial score (nSPS) is 16.1. The SMILES string of the molecule is C#CCOc1c(Br)cc(/C=C2\SC(=Nc3cccc(Cl)c3)NC2=O)cc1OC. The van der Waals surface area contributed by atoms with Crippen LogP contribution in [0.4, 0.5) is 5.69 Å². The van der Waals surface area contributed by atoms with Gasteiger partial charge in [0.15, 0.2) is 16.7 Å². The van der Waals surface area contributed by atoms with E-state index in [2.05, 4.69) is 32.2 Å². The Morgan fingerprint density at radius 1 is 1.39 bits per heavy atom. The van der Waals surface area contributed by atoms with Crippen molar-refractivity contribution in [3.8, 4) is 23.8 Å². The summed E-state index contributed by atoms with van der Waals surface area (Å²) >= 11 is 10.7. The molecule has 2 aromatic rings. The number of rotatable bonds is 5. The van der Waals surface area contributed by atoms with Crippen molar-refractivity contribution in [3.63, 3.8) is 0 Å². The summed E-state index contributed by atoms with van der Waals surface area (Å²) in [6.07, 6.45) is 6.99. The summed E-state index contributed by atoms with van der Waals surface area (Å²) in [5.74, 6) is 3.20. The highest BCUT2D eigenvalue weighted by atomic mass is 79.9. The quantitative estimate of drug-likeness (QED) is 0.485. The van der Waals surface area contributed by atoms with Crippen LogP contribution < -0.4 is 14.8 Å². The molecule has 1 aliphatic rings. The Bertz CT molecular complexity index is 1030. The molecular weight excluding hydrogens is 464 g/mol. The van der Waals surface area contributed by atoms with E-state index in [4.69, 9.17) is 27.5 Å². The Kier molecular flexibility index (Phi) is 6.68. The number of carbonyl (C=O) groups is 1. The van der Waals surface area contributed by atoms with Gasteiger partial charge in [-0.3, -0.25) is 4.79 Å². The highest BCUT2D eigenvalue weighted by Crippen LogP contribution is 2.38. The zero-order chi connectivity index (χ0) is 20.1. The smallest absolute Gasteiger partial charge is 0.264 e. The van der Waals surface area contributed by atoms with E-state index in [1.807, 2.05) is 12.1 Å². The standard InChI is InChI=1S/C20H14BrClN2O3S/c1-3-7-27-18-15(21)8-12(9-16(18)26-2)10-17-19(25)24-20(28-17)23-14-6-4-5-13(22)11-14/h1,4-6,8-11H,7H2,2H3,(H,23,24,25)/b17-10-. The Balaban J connectivity index is 1.86. The second-order valence-electron chi connectivity index (χ2n) is 5.49. The molecule has 1 amide bonds. The van der Waals surface area contributed by atoms with Crippen LogP contribution in [0, 0.1) is 12.3 Å². The average molecular weight is 478 g/mol. The molecule has 0 saturated carbocycles.